The summed E-state index contributed by atoms with van der Waals surface area (Å²) in [4.78, 5) is 30.7. The highest BCUT2D eigenvalue weighted by Crippen LogP contribution is 2.20. The maximum atomic E-state index is 12.9. The molecule has 0 saturated heterocycles. The van der Waals surface area contributed by atoms with E-state index < -0.39 is 0 Å². The molecular weight excluding hydrogens is 338 g/mol. The van der Waals surface area contributed by atoms with Crippen molar-refractivity contribution in [3.8, 4) is 0 Å². The van der Waals surface area contributed by atoms with Gasteiger partial charge in [-0.1, -0.05) is 42.5 Å². The van der Waals surface area contributed by atoms with E-state index in [0.717, 1.165) is 46.3 Å². The minimum atomic E-state index is -0.0182. The predicted molar refractivity (Wildman–Crippen MR) is 107 cm³/mol. The number of H-pyrrole nitrogens is 1. The van der Waals surface area contributed by atoms with Gasteiger partial charge in [0.15, 0.2) is 5.43 Å². The van der Waals surface area contributed by atoms with Gasteiger partial charge in [0.25, 0.3) is 0 Å². The van der Waals surface area contributed by atoms with Crippen molar-refractivity contribution in [2.75, 3.05) is 13.1 Å². The molecule has 27 heavy (non-hydrogen) atoms. The fourth-order valence-electron chi connectivity index (χ4n) is 3.69. The van der Waals surface area contributed by atoms with Crippen LogP contribution in [0.3, 0.4) is 0 Å². The predicted octanol–water partition coefficient (Wildman–Crippen LogP) is 2.51. The van der Waals surface area contributed by atoms with Gasteiger partial charge in [0, 0.05) is 42.7 Å². The van der Waals surface area contributed by atoms with Crippen LogP contribution in [0.15, 0.2) is 53.3 Å². The largest absolute Gasteiger partial charge is 0.358 e. The third kappa shape index (κ3) is 3.64. The molecule has 5 nitrogen and oxygen atoms in total. The molecule has 2 aromatic carbocycles. The first-order valence-corrected chi connectivity index (χ1v) is 9.28. The molecule has 0 spiro atoms. The summed E-state index contributed by atoms with van der Waals surface area (Å²) in [5.74, 6) is -0.0182. The average molecular weight is 361 g/mol. The molecule has 0 fully saturated rings. The Balaban J connectivity index is 1.46. The van der Waals surface area contributed by atoms with Crippen LogP contribution in [0.5, 0.6) is 0 Å². The van der Waals surface area contributed by atoms with Gasteiger partial charge in [-0.25, -0.2) is 0 Å². The SMILES string of the molecule is Cc1cccc2c(=O)c3c([nH]c12)CCN(CC(=O)NCc1ccccc1)C3. The summed E-state index contributed by atoms with van der Waals surface area (Å²) in [5.41, 5.74) is 4.95. The van der Waals surface area contributed by atoms with E-state index in [1.165, 1.54) is 0 Å². The van der Waals surface area contributed by atoms with Crippen molar-refractivity contribution in [2.24, 2.45) is 0 Å². The van der Waals surface area contributed by atoms with Crippen LogP contribution in [0.2, 0.25) is 0 Å². The Hall–Kier alpha value is -2.92. The minimum absolute atomic E-state index is 0.0182. The van der Waals surface area contributed by atoms with Crippen LogP contribution in [-0.4, -0.2) is 28.9 Å². The van der Waals surface area contributed by atoms with Crippen molar-refractivity contribution in [1.29, 1.82) is 0 Å². The maximum absolute atomic E-state index is 12.9. The summed E-state index contributed by atoms with van der Waals surface area (Å²) in [6.07, 6.45) is 0.751. The molecule has 3 aromatic rings. The van der Waals surface area contributed by atoms with Gasteiger partial charge in [-0.05, 0) is 24.1 Å². The van der Waals surface area contributed by atoms with Crippen molar-refractivity contribution < 1.29 is 4.79 Å². The molecule has 0 radical (unpaired) electrons. The molecule has 138 valence electrons. The van der Waals surface area contributed by atoms with E-state index in [1.807, 2.05) is 60.4 Å². The number of benzene rings is 2. The number of aryl methyl sites for hydroxylation is 1. The number of nitrogens with zero attached hydrogens (tertiary/aromatic N) is 1. The highest BCUT2D eigenvalue weighted by molar-refractivity contribution is 5.82. The highest BCUT2D eigenvalue weighted by Gasteiger charge is 2.22. The molecular formula is C22H23N3O2. The quantitative estimate of drug-likeness (QED) is 0.750. The van der Waals surface area contributed by atoms with E-state index in [1.54, 1.807) is 0 Å². The van der Waals surface area contributed by atoms with Gasteiger partial charge >= 0.3 is 0 Å². The second-order valence-corrected chi connectivity index (χ2v) is 7.13. The lowest BCUT2D eigenvalue weighted by molar-refractivity contribution is -0.122. The lowest BCUT2D eigenvalue weighted by Crippen LogP contribution is -2.41. The van der Waals surface area contributed by atoms with Crippen molar-refractivity contribution in [3.05, 3.63) is 81.1 Å². The Kier molecular flexibility index (Phi) is 4.77. The number of carbonyl (C=O) groups is 1. The number of pyridine rings is 1. The third-order valence-corrected chi connectivity index (χ3v) is 5.19. The van der Waals surface area contributed by atoms with E-state index in [9.17, 15) is 9.59 Å². The molecule has 0 bridgehead atoms. The second-order valence-electron chi connectivity index (χ2n) is 7.13. The zero-order chi connectivity index (χ0) is 18.8. The second kappa shape index (κ2) is 7.37. The van der Waals surface area contributed by atoms with Crippen molar-refractivity contribution >= 4 is 16.8 Å². The molecule has 2 N–H and O–H groups in total. The van der Waals surface area contributed by atoms with Crippen LogP contribution in [0, 0.1) is 6.92 Å². The van der Waals surface area contributed by atoms with Gasteiger partial charge in [0.2, 0.25) is 5.91 Å². The number of rotatable bonds is 4. The van der Waals surface area contributed by atoms with Gasteiger partial charge < -0.3 is 10.3 Å². The lowest BCUT2D eigenvalue weighted by Gasteiger charge is -2.28. The van der Waals surface area contributed by atoms with E-state index in [-0.39, 0.29) is 11.3 Å². The number of para-hydroxylation sites is 1. The Morgan fingerprint density at radius 3 is 2.78 bits per heavy atom. The molecule has 1 aliphatic rings. The molecule has 5 heteroatoms. The highest BCUT2D eigenvalue weighted by atomic mass is 16.2. The normalized spacial score (nSPS) is 14.1. The molecule has 1 aliphatic heterocycles. The smallest absolute Gasteiger partial charge is 0.234 e. The first-order valence-electron chi connectivity index (χ1n) is 9.28. The zero-order valence-corrected chi connectivity index (χ0v) is 15.4. The molecule has 2 heterocycles. The zero-order valence-electron chi connectivity index (χ0n) is 15.4. The number of nitrogens with one attached hydrogen (secondary N) is 2. The molecule has 1 amide bonds. The number of fused-ring (bicyclic) bond motifs is 2. The van der Waals surface area contributed by atoms with Crippen LogP contribution < -0.4 is 10.7 Å². The van der Waals surface area contributed by atoms with Crippen LogP contribution in [-0.2, 0) is 24.3 Å². The number of carbonyl (C=O) groups excluding carboxylic acids is 1. The summed E-state index contributed by atoms with van der Waals surface area (Å²) in [6, 6.07) is 15.6. The van der Waals surface area contributed by atoms with Crippen LogP contribution in [0.1, 0.15) is 22.4 Å². The van der Waals surface area contributed by atoms with Gasteiger partial charge in [-0.15, -0.1) is 0 Å². The summed E-state index contributed by atoms with van der Waals surface area (Å²) in [6.45, 7) is 4.11. The molecule has 0 aliphatic carbocycles. The Labute approximate surface area is 158 Å². The van der Waals surface area contributed by atoms with Crippen LogP contribution >= 0.6 is 0 Å². The summed E-state index contributed by atoms with van der Waals surface area (Å²) >= 11 is 0. The number of hydrogen-bond acceptors (Lipinski definition) is 3. The monoisotopic (exact) mass is 361 g/mol. The van der Waals surface area contributed by atoms with Crippen LogP contribution in [0.4, 0.5) is 0 Å². The topological polar surface area (TPSA) is 65.2 Å². The van der Waals surface area contributed by atoms with Gasteiger partial charge in [0.05, 0.1) is 12.1 Å². The summed E-state index contributed by atoms with van der Waals surface area (Å²) < 4.78 is 0. The first-order chi connectivity index (χ1) is 13.1. The van der Waals surface area contributed by atoms with E-state index >= 15 is 0 Å². The Morgan fingerprint density at radius 2 is 1.96 bits per heavy atom. The number of amides is 1. The van der Waals surface area contributed by atoms with E-state index in [0.29, 0.717) is 19.6 Å². The lowest BCUT2D eigenvalue weighted by atomic mass is 10.0. The fraction of sp³-hybridized carbons (Fsp3) is 0.273. The minimum Gasteiger partial charge on any atom is -0.358 e. The van der Waals surface area contributed by atoms with Crippen molar-refractivity contribution in [1.82, 2.24) is 15.2 Å². The van der Waals surface area contributed by atoms with Gasteiger partial charge in [-0.3, -0.25) is 14.5 Å². The van der Waals surface area contributed by atoms with Crippen LogP contribution in [0.25, 0.3) is 10.9 Å². The summed E-state index contributed by atoms with van der Waals surface area (Å²) in [7, 11) is 0. The van der Waals surface area contributed by atoms with E-state index in [2.05, 4.69) is 10.3 Å². The molecule has 0 atom stereocenters. The number of aromatic nitrogens is 1. The maximum Gasteiger partial charge on any atom is 0.234 e. The van der Waals surface area contributed by atoms with Crippen molar-refractivity contribution in [2.45, 2.75) is 26.4 Å². The number of hydrogen-bond donors (Lipinski definition) is 2. The van der Waals surface area contributed by atoms with Gasteiger partial charge in [-0.2, -0.15) is 0 Å². The van der Waals surface area contributed by atoms with E-state index in [4.69, 9.17) is 0 Å². The molecule has 0 unspecified atom stereocenters. The molecule has 0 saturated carbocycles. The standard InChI is InChI=1S/C22H23N3O2/c1-15-6-5-9-17-21(15)24-19-10-11-25(13-18(19)22(17)27)14-20(26)23-12-16-7-3-2-4-8-16/h2-9H,10-14H2,1H3,(H,23,26)(H,24,27). The first kappa shape index (κ1) is 17.5. The number of aromatic amines is 1. The fourth-order valence-corrected chi connectivity index (χ4v) is 3.69. The van der Waals surface area contributed by atoms with Gasteiger partial charge in [0.1, 0.15) is 0 Å². The van der Waals surface area contributed by atoms with Crippen molar-refractivity contribution in [3.63, 3.8) is 0 Å². The third-order valence-electron chi connectivity index (χ3n) is 5.19. The molecule has 4 rings (SSSR count). The summed E-state index contributed by atoms with van der Waals surface area (Å²) in [5, 5.41) is 3.68. The average Bonchev–Trinajstić information content (AvgIpc) is 2.69. The Bertz CT molecular complexity index is 1040. The Morgan fingerprint density at radius 1 is 1.15 bits per heavy atom. The molecule has 1 aromatic heterocycles.